The van der Waals surface area contributed by atoms with Gasteiger partial charge < -0.3 is 26.9 Å². The third kappa shape index (κ3) is 4.87. The molecule has 0 aliphatic carbocycles. The molecular weight excluding hydrogens is 376 g/mol. The fraction of sp³-hybridized carbons (Fsp3) is 0.400. The van der Waals surface area contributed by atoms with Gasteiger partial charge in [0.05, 0.1) is 12.1 Å². The summed E-state index contributed by atoms with van der Waals surface area (Å²) in [5.74, 6) is -1.79. The van der Waals surface area contributed by atoms with Gasteiger partial charge in [0.15, 0.2) is 5.78 Å². The van der Waals surface area contributed by atoms with E-state index in [4.69, 9.17) is 21.6 Å². The molecule has 29 heavy (non-hydrogen) atoms. The second-order valence-corrected chi connectivity index (χ2v) is 6.92. The number of nitrogens with one attached hydrogen (secondary N) is 1. The Labute approximate surface area is 167 Å². The van der Waals surface area contributed by atoms with E-state index in [1.807, 2.05) is 0 Å². The highest BCUT2D eigenvalue weighted by atomic mass is 16.4. The average Bonchev–Trinajstić information content (AvgIpc) is 2.66. The van der Waals surface area contributed by atoms with Crippen molar-refractivity contribution in [3.63, 3.8) is 0 Å². The van der Waals surface area contributed by atoms with Crippen LogP contribution in [0.4, 0.5) is 0 Å². The molecule has 0 unspecified atom stereocenters. The molecule has 1 aromatic heterocycles. The Bertz CT molecular complexity index is 998. The molecule has 0 fully saturated rings. The van der Waals surface area contributed by atoms with Crippen LogP contribution in [0, 0.1) is 6.92 Å². The van der Waals surface area contributed by atoms with E-state index >= 15 is 0 Å². The molecule has 2 amide bonds. The largest absolute Gasteiger partial charge is 0.422 e. The number of rotatable bonds is 9. The first kappa shape index (κ1) is 22.3. The zero-order valence-corrected chi connectivity index (χ0v) is 16.5. The Morgan fingerprint density at radius 2 is 1.90 bits per heavy atom. The third-order valence-corrected chi connectivity index (χ3v) is 4.75. The Kier molecular flexibility index (Phi) is 7.24. The highest BCUT2D eigenvalue weighted by Crippen LogP contribution is 2.24. The lowest BCUT2D eigenvalue weighted by atomic mass is 9.95. The van der Waals surface area contributed by atoms with Crippen LogP contribution in [0.2, 0.25) is 0 Å². The van der Waals surface area contributed by atoms with Crippen LogP contribution in [0.5, 0.6) is 0 Å². The molecule has 0 radical (unpaired) electrons. The van der Waals surface area contributed by atoms with Gasteiger partial charge in [-0.1, -0.05) is 18.6 Å². The van der Waals surface area contributed by atoms with Crippen molar-refractivity contribution in [3.05, 3.63) is 45.3 Å². The van der Waals surface area contributed by atoms with Gasteiger partial charge in [-0.15, -0.1) is 0 Å². The van der Waals surface area contributed by atoms with E-state index in [0.717, 1.165) is 6.42 Å². The van der Waals surface area contributed by atoms with Crippen molar-refractivity contribution in [1.82, 2.24) is 5.32 Å². The molecule has 156 valence electrons. The Morgan fingerprint density at radius 3 is 2.52 bits per heavy atom. The van der Waals surface area contributed by atoms with Crippen molar-refractivity contribution in [2.75, 3.05) is 6.54 Å². The van der Waals surface area contributed by atoms with Gasteiger partial charge in [-0.3, -0.25) is 14.4 Å². The van der Waals surface area contributed by atoms with Crippen molar-refractivity contribution in [1.29, 1.82) is 0 Å². The molecule has 0 aliphatic heterocycles. The number of aryl methyl sites for hydroxylation is 1. The first-order valence-electron chi connectivity index (χ1n) is 9.35. The van der Waals surface area contributed by atoms with Gasteiger partial charge in [-0.25, -0.2) is 4.79 Å². The van der Waals surface area contributed by atoms with Gasteiger partial charge >= 0.3 is 5.63 Å². The van der Waals surface area contributed by atoms with E-state index in [2.05, 4.69) is 5.32 Å². The number of ketones is 1. The molecule has 1 aromatic carbocycles. The number of hydrogen-bond acceptors (Lipinski definition) is 7. The van der Waals surface area contributed by atoms with Crippen LogP contribution in [0.1, 0.15) is 52.5 Å². The fourth-order valence-electron chi connectivity index (χ4n) is 3.18. The van der Waals surface area contributed by atoms with Crippen molar-refractivity contribution >= 4 is 28.6 Å². The summed E-state index contributed by atoms with van der Waals surface area (Å²) in [4.78, 5) is 48.9. The minimum atomic E-state index is -0.940. The molecule has 9 nitrogen and oxygen atoms in total. The lowest BCUT2D eigenvalue weighted by Crippen LogP contribution is -2.47. The van der Waals surface area contributed by atoms with Crippen molar-refractivity contribution in [3.8, 4) is 0 Å². The summed E-state index contributed by atoms with van der Waals surface area (Å²) in [6, 6.07) is 2.98. The number of Topliss-reactive ketones (excluding diaryl/α,β-unsaturated/α-hetero) is 1. The first-order valence-corrected chi connectivity index (χ1v) is 9.35. The van der Waals surface area contributed by atoms with Crippen LogP contribution < -0.4 is 28.1 Å². The minimum absolute atomic E-state index is 0.153. The molecular formula is C20H26N4O5. The fourth-order valence-corrected chi connectivity index (χ4v) is 3.18. The number of primary amides is 1. The summed E-state index contributed by atoms with van der Waals surface area (Å²) in [7, 11) is 0. The lowest BCUT2D eigenvalue weighted by Gasteiger charge is -2.18. The maximum absolute atomic E-state index is 13.0. The predicted molar refractivity (Wildman–Crippen MR) is 109 cm³/mol. The Balaban J connectivity index is 2.33. The molecule has 2 atom stereocenters. The predicted octanol–water partition coefficient (Wildman–Crippen LogP) is 0.344. The number of benzene rings is 1. The quantitative estimate of drug-likeness (QED) is 0.266. The van der Waals surface area contributed by atoms with Crippen molar-refractivity contribution in [2.24, 2.45) is 17.2 Å². The number of carbonyl (C=O) groups is 3. The molecule has 0 aliphatic rings. The smallest absolute Gasteiger partial charge is 0.349 e. The second kappa shape index (κ2) is 9.44. The van der Waals surface area contributed by atoms with Crippen LogP contribution in [-0.4, -0.2) is 36.2 Å². The van der Waals surface area contributed by atoms with Crippen molar-refractivity contribution < 1.29 is 18.8 Å². The summed E-state index contributed by atoms with van der Waals surface area (Å²) in [5, 5.41) is 2.91. The summed E-state index contributed by atoms with van der Waals surface area (Å²) in [6.07, 6.45) is 1.94. The van der Waals surface area contributed by atoms with Crippen LogP contribution in [-0.2, 0) is 4.79 Å². The van der Waals surface area contributed by atoms with Crippen LogP contribution >= 0.6 is 0 Å². The number of fused-ring (bicyclic) bond motifs is 1. The van der Waals surface area contributed by atoms with Gasteiger partial charge in [0.1, 0.15) is 11.1 Å². The van der Waals surface area contributed by atoms with E-state index in [1.54, 1.807) is 6.07 Å². The van der Waals surface area contributed by atoms with E-state index in [1.165, 1.54) is 26.0 Å². The molecule has 0 spiro atoms. The molecule has 1 heterocycles. The Hall–Kier alpha value is -3.04. The molecule has 2 aromatic rings. The minimum Gasteiger partial charge on any atom is -0.422 e. The normalized spacial score (nSPS) is 13.1. The van der Waals surface area contributed by atoms with E-state index in [9.17, 15) is 19.2 Å². The standard InChI is InChI=1S/C20H26N4O5/c1-10-15-12(6-5-8-14(15)29-20(28)16(10)18(23)26)17(25)11(2)24-19(27)13(22)7-3-4-9-21/h5-6,8,11,13H,3-4,7,9,21-22H2,1-2H3,(H2,23,26)(H,24,27)/t11-,13-/m0/s1. The number of carbonyl (C=O) groups excluding carboxylic acids is 3. The second-order valence-electron chi connectivity index (χ2n) is 6.92. The van der Waals surface area contributed by atoms with Gasteiger partial charge in [0.25, 0.3) is 5.91 Å². The number of amides is 2. The molecule has 2 rings (SSSR count). The highest BCUT2D eigenvalue weighted by Gasteiger charge is 2.25. The molecule has 7 N–H and O–H groups in total. The van der Waals surface area contributed by atoms with Crippen LogP contribution in [0.3, 0.4) is 0 Å². The van der Waals surface area contributed by atoms with Crippen molar-refractivity contribution in [2.45, 2.75) is 45.2 Å². The molecule has 0 bridgehead atoms. The summed E-state index contributed by atoms with van der Waals surface area (Å²) < 4.78 is 5.15. The molecule has 0 saturated carbocycles. The summed E-state index contributed by atoms with van der Waals surface area (Å²) >= 11 is 0. The van der Waals surface area contributed by atoms with Crippen LogP contribution in [0.15, 0.2) is 27.4 Å². The van der Waals surface area contributed by atoms with E-state index < -0.39 is 35.3 Å². The van der Waals surface area contributed by atoms with Crippen LogP contribution in [0.25, 0.3) is 11.0 Å². The third-order valence-electron chi connectivity index (χ3n) is 4.75. The zero-order valence-electron chi connectivity index (χ0n) is 16.5. The van der Waals surface area contributed by atoms with E-state index in [0.29, 0.717) is 24.8 Å². The highest BCUT2D eigenvalue weighted by molar-refractivity contribution is 6.12. The molecule has 9 heteroatoms. The summed E-state index contributed by atoms with van der Waals surface area (Å²) in [6.45, 7) is 3.58. The molecule has 0 saturated heterocycles. The Morgan fingerprint density at radius 1 is 1.21 bits per heavy atom. The first-order chi connectivity index (χ1) is 13.7. The van der Waals surface area contributed by atoms with Gasteiger partial charge in [0.2, 0.25) is 5.91 Å². The number of hydrogen-bond donors (Lipinski definition) is 4. The topological polar surface area (TPSA) is 172 Å². The maximum Gasteiger partial charge on any atom is 0.349 e. The SMILES string of the molecule is Cc1c(C(N)=O)c(=O)oc2cccc(C(=O)[C@H](C)NC(=O)[C@@H](N)CCCCN)c12. The number of unbranched alkanes of at least 4 members (excludes halogenated alkanes) is 1. The zero-order chi connectivity index (χ0) is 21.7. The van der Waals surface area contributed by atoms with E-state index in [-0.39, 0.29) is 22.3 Å². The van der Waals surface area contributed by atoms with Gasteiger partial charge in [0, 0.05) is 10.9 Å². The monoisotopic (exact) mass is 402 g/mol. The van der Waals surface area contributed by atoms with Gasteiger partial charge in [-0.2, -0.15) is 0 Å². The van der Waals surface area contributed by atoms with Gasteiger partial charge in [-0.05, 0) is 44.9 Å². The maximum atomic E-state index is 13.0. The lowest BCUT2D eigenvalue weighted by molar-refractivity contribution is -0.122. The summed E-state index contributed by atoms with van der Waals surface area (Å²) in [5.41, 5.74) is 16.0. The average molecular weight is 402 g/mol. The number of nitrogens with two attached hydrogens (primary N) is 3.